The Morgan fingerprint density at radius 3 is 2.67 bits per heavy atom. The molecule has 0 bridgehead atoms. The highest BCUT2D eigenvalue weighted by molar-refractivity contribution is 7.89. The lowest BCUT2D eigenvalue weighted by molar-refractivity contribution is 0.0600. The van der Waals surface area contributed by atoms with Gasteiger partial charge in [0.2, 0.25) is 21.7 Å². The first-order valence-electron chi connectivity index (χ1n) is 8.87. The van der Waals surface area contributed by atoms with Crippen LogP contribution in [0.2, 0.25) is 5.02 Å². The SMILES string of the molecule is COC(=O)c1ccc(Cl)c(S(=O)(=O)NC(c2nc(-c3cccnc3)no2)C(C)C)c1. The standard InChI is InChI=1S/C19H19ClN4O5S/c1-11(2)16(18-22-17(23-29-18)13-5-4-8-21-10-13)24-30(26,27)15-9-12(19(25)28-3)6-7-14(15)20/h4-11,16,24H,1-3H3. The average Bonchev–Trinajstić information content (AvgIpc) is 3.22. The van der Waals surface area contributed by atoms with Gasteiger partial charge < -0.3 is 9.26 Å². The maximum absolute atomic E-state index is 13.0. The van der Waals surface area contributed by atoms with Gasteiger partial charge in [0.25, 0.3) is 0 Å². The summed E-state index contributed by atoms with van der Waals surface area (Å²) in [6.07, 6.45) is 3.18. The molecule has 2 heterocycles. The van der Waals surface area contributed by atoms with E-state index in [2.05, 4.69) is 24.6 Å². The van der Waals surface area contributed by atoms with Crippen molar-refractivity contribution in [3.63, 3.8) is 0 Å². The Labute approximate surface area is 178 Å². The van der Waals surface area contributed by atoms with Crippen molar-refractivity contribution in [2.75, 3.05) is 7.11 Å². The van der Waals surface area contributed by atoms with E-state index in [1.165, 1.54) is 19.2 Å². The van der Waals surface area contributed by atoms with E-state index in [4.69, 9.17) is 16.1 Å². The number of sulfonamides is 1. The molecule has 0 aliphatic heterocycles. The van der Waals surface area contributed by atoms with Gasteiger partial charge in [0.1, 0.15) is 10.9 Å². The van der Waals surface area contributed by atoms with E-state index < -0.39 is 22.0 Å². The Morgan fingerprint density at radius 1 is 1.27 bits per heavy atom. The Morgan fingerprint density at radius 2 is 2.03 bits per heavy atom. The predicted octanol–water partition coefficient (Wildman–Crippen LogP) is 3.25. The summed E-state index contributed by atoms with van der Waals surface area (Å²) in [5.74, 6) is -0.535. The molecule has 0 spiro atoms. The van der Waals surface area contributed by atoms with E-state index in [-0.39, 0.29) is 33.1 Å². The highest BCUT2D eigenvalue weighted by Crippen LogP contribution is 2.28. The molecule has 1 aromatic carbocycles. The van der Waals surface area contributed by atoms with Gasteiger partial charge in [-0.3, -0.25) is 4.98 Å². The average molecular weight is 451 g/mol. The highest BCUT2D eigenvalue weighted by Gasteiger charge is 2.30. The summed E-state index contributed by atoms with van der Waals surface area (Å²) in [6, 6.07) is 6.51. The lowest BCUT2D eigenvalue weighted by Crippen LogP contribution is -2.32. The van der Waals surface area contributed by atoms with E-state index in [0.29, 0.717) is 5.56 Å². The number of methoxy groups -OCH3 is 1. The zero-order valence-corrected chi connectivity index (χ0v) is 17.9. The number of esters is 1. The zero-order chi connectivity index (χ0) is 21.9. The highest BCUT2D eigenvalue weighted by atomic mass is 35.5. The molecule has 0 amide bonds. The third-order valence-corrected chi connectivity index (χ3v) is 6.14. The van der Waals surface area contributed by atoms with E-state index in [1.54, 1.807) is 38.4 Å². The maximum atomic E-state index is 13.0. The van der Waals surface area contributed by atoms with E-state index in [1.807, 2.05) is 0 Å². The minimum absolute atomic E-state index is 0.0424. The first kappa shape index (κ1) is 21.9. The Hall–Kier alpha value is -2.82. The number of carbonyl (C=O) groups is 1. The number of rotatable bonds is 7. The minimum Gasteiger partial charge on any atom is -0.465 e. The molecule has 1 N–H and O–H groups in total. The predicted molar refractivity (Wildman–Crippen MR) is 108 cm³/mol. The van der Waals surface area contributed by atoms with Gasteiger partial charge >= 0.3 is 5.97 Å². The van der Waals surface area contributed by atoms with Crippen LogP contribution in [0.5, 0.6) is 0 Å². The molecule has 0 aliphatic rings. The molecule has 0 fully saturated rings. The van der Waals surface area contributed by atoms with E-state index in [9.17, 15) is 13.2 Å². The number of halogens is 1. The Balaban J connectivity index is 1.94. The summed E-state index contributed by atoms with van der Waals surface area (Å²) in [4.78, 5) is 19.8. The van der Waals surface area contributed by atoms with Gasteiger partial charge in [-0.1, -0.05) is 30.6 Å². The lowest BCUT2D eigenvalue weighted by atomic mass is 10.1. The molecule has 9 nitrogen and oxygen atoms in total. The number of carbonyl (C=O) groups excluding carboxylic acids is 1. The van der Waals surface area contributed by atoms with Crippen LogP contribution in [0, 0.1) is 5.92 Å². The quantitative estimate of drug-likeness (QED) is 0.544. The van der Waals surface area contributed by atoms with Gasteiger partial charge in [0.15, 0.2) is 0 Å². The third kappa shape index (κ3) is 4.66. The van der Waals surface area contributed by atoms with Crippen molar-refractivity contribution in [2.24, 2.45) is 5.92 Å². The van der Waals surface area contributed by atoms with Crippen LogP contribution < -0.4 is 4.72 Å². The summed E-state index contributed by atoms with van der Waals surface area (Å²) in [5, 5.41) is 3.87. The molecule has 30 heavy (non-hydrogen) atoms. The Kier molecular flexibility index (Phi) is 6.49. The van der Waals surface area contributed by atoms with Crippen LogP contribution in [-0.4, -0.2) is 36.6 Å². The number of hydrogen-bond acceptors (Lipinski definition) is 8. The van der Waals surface area contributed by atoms with Crippen LogP contribution >= 0.6 is 11.6 Å². The number of ether oxygens (including phenoxy) is 1. The van der Waals surface area contributed by atoms with Crippen LogP contribution in [-0.2, 0) is 14.8 Å². The molecular formula is C19H19ClN4O5S. The number of nitrogens with zero attached hydrogens (tertiary/aromatic N) is 3. The largest absolute Gasteiger partial charge is 0.465 e. The zero-order valence-electron chi connectivity index (χ0n) is 16.4. The molecule has 158 valence electrons. The second-order valence-corrected chi connectivity index (χ2v) is 8.77. The number of benzene rings is 1. The molecule has 0 radical (unpaired) electrons. The summed E-state index contributed by atoms with van der Waals surface area (Å²) in [6.45, 7) is 3.60. The molecule has 0 aliphatic carbocycles. The summed E-state index contributed by atoms with van der Waals surface area (Å²) in [7, 11) is -2.93. The molecule has 0 saturated carbocycles. The number of hydrogen-bond donors (Lipinski definition) is 1. The first-order valence-corrected chi connectivity index (χ1v) is 10.7. The third-order valence-electron chi connectivity index (χ3n) is 4.22. The van der Waals surface area contributed by atoms with Crippen LogP contribution in [0.1, 0.15) is 36.1 Å². The summed E-state index contributed by atoms with van der Waals surface area (Å²) in [5.41, 5.74) is 0.687. The van der Waals surface area contributed by atoms with Gasteiger partial charge in [0.05, 0.1) is 17.7 Å². The molecule has 11 heteroatoms. The van der Waals surface area contributed by atoms with Crippen molar-refractivity contribution in [3.05, 3.63) is 59.2 Å². The van der Waals surface area contributed by atoms with Crippen molar-refractivity contribution < 1.29 is 22.5 Å². The number of nitrogens with one attached hydrogen (secondary N) is 1. The molecular weight excluding hydrogens is 432 g/mol. The molecule has 1 unspecified atom stereocenters. The topological polar surface area (TPSA) is 124 Å². The lowest BCUT2D eigenvalue weighted by Gasteiger charge is -2.19. The van der Waals surface area contributed by atoms with Crippen LogP contribution in [0.3, 0.4) is 0 Å². The monoisotopic (exact) mass is 450 g/mol. The van der Waals surface area contributed by atoms with Crippen molar-refractivity contribution >= 4 is 27.6 Å². The molecule has 1 atom stereocenters. The van der Waals surface area contributed by atoms with Gasteiger partial charge in [-0.2, -0.15) is 9.71 Å². The molecule has 3 rings (SSSR count). The molecule has 3 aromatic rings. The van der Waals surface area contributed by atoms with Crippen molar-refractivity contribution in [2.45, 2.75) is 24.8 Å². The van der Waals surface area contributed by atoms with Gasteiger partial charge in [0, 0.05) is 18.0 Å². The number of aromatic nitrogens is 3. The second-order valence-electron chi connectivity index (χ2n) is 6.68. The smallest absolute Gasteiger partial charge is 0.337 e. The van der Waals surface area contributed by atoms with Crippen molar-refractivity contribution in [3.8, 4) is 11.4 Å². The normalized spacial score (nSPS) is 12.7. The van der Waals surface area contributed by atoms with E-state index >= 15 is 0 Å². The van der Waals surface area contributed by atoms with Crippen LogP contribution in [0.4, 0.5) is 0 Å². The fourth-order valence-corrected chi connectivity index (χ4v) is 4.49. The fourth-order valence-electron chi connectivity index (χ4n) is 2.63. The Bertz CT molecular complexity index is 1150. The minimum atomic E-state index is -4.13. The summed E-state index contributed by atoms with van der Waals surface area (Å²) < 4.78 is 38.6. The van der Waals surface area contributed by atoms with Gasteiger partial charge in [-0.05, 0) is 36.2 Å². The van der Waals surface area contributed by atoms with Crippen LogP contribution in [0.25, 0.3) is 11.4 Å². The van der Waals surface area contributed by atoms with E-state index in [0.717, 1.165) is 6.07 Å². The molecule has 2 aromatic heterocycles. The summed E-state index contributed by atoms with van der Waals surface area (Å²) >= 11 is 6.09. The van der Waals surface area contributed by atoms with Gasteiger partial charge in [-0.25, -0.2) is 13.2 Å². The first-order chi connectivity index (χ1) is 14.2. The maximum Gasteiger partial charge on any atom is 0.337 e. The van der Waals surface area contributed by atoms with Crippen LogP contribution in [0.15, 0.2) is 52.1 Å². The van der Waals surface area contributed by atoms with Gasteiger partial charge in [-0.15, -0.1) is 0 Å². The fraction of sp³-hybridized carbons (Fsp3) is 0.263. The molecule has 0 saturated heterocycles. The van der Waals surface area contributed by atoms with Crippen molar-refractivity contribution in [1.82, 2.24) is 19.8 Å². The second kappa shape index (κ2) is 8.90. The van der Waals surface area contributed by atoms with Crippen molar-refractivity contribution in [1.29, 1.82) is 0 Å². The number of pyridine rings is 1.